The number of nitrogens with zero attached hydrogens (tertiary/aromatic N) is 3. The van der Waals surface area contributed by atoms with Crippen molar-refractivity contribution in [3.8, 4) is 5.75 Å². The molecule has 0 aliphatic rings. The SMILES string of the molecule is COc1ccnc(NC(=O)CCCn2c(=O)c3cccn3c3ccc(F)cc32)c1. The van der Waals surface area contributed by atoms with Gasteiger partial charge in [-0.3, -0.25) is 9.59 Å². The van der Waals surface area contributed by atoms with E-state index in [4.69, 9.17) is 4.74 Å². The van der Waals surface area contributed by atoms with Gasteiger partial charge in [0.15, 0.2) is 0 Å². The summed E-state index contributed by atoms with van der Waals surface area (Å²) >= 11 is 0. The largest absolute Gasteiger partial charge is 0.497 e. The Morgan fingerprint density at radius 2 is 2.03 bits per heavy atom. The van der Waals surface area contributed by atoms with Crippen LogP contribution in [-0.4, -0.2) is 27.0 Å². The number of ether oxygens (including phenoxy) is 1. The number of hydrogen-bond acceptors (Lipinski definition) is 4. The van der Waals surface area contributed by atoms with E-state index in [1.54, 1.807) is 47.1 Å². The first-order chi connectivity index (χ1) is 14.1. The smallest absolute Gasteiger partial charge is 0.275 e. The summed E-state index contributed by atoms with van der Waals surface area (Å²) in [5.74, 6) is 0.349. The maximum Gasteiger partial charge on any atom is 0.275 e. The van der Waals surface area contributed by atoms with Gasteiger partial charge in [-0.25, -0.2) is 9.37 Å². The lowest BCUT2D eigenvalue weighted by Crippen LogP contribution is -2.23. The van der Waals surface area contributed by atoms with Crippen LogP contribution in [0.4, 0.5) is 10.2 Å². The molecule has 1 N–H and O–H groups in total. The topological polar surface area (TPSA) is 77.6 Å². The van der Waals surface area contributed by atoms with Crippen molar-refractivity contribution < 1.29 is 13.9 Å². The van der Waals surface area contributed by atoms with Crippen LogP contribution >= 0.6 is 0 Å². The van der Waals surface area contributed by atoms with E-state index in [-0.39, 0.29) is 17.9 Å². The molecule has 7 nitrogen and oxygen atoms in total. The number of methoxy groups -OCH3 is 1. The maximum absolute atomic E-state index is 13.8. The van der Waals surface area contributed by atoms with E-state index in [0.717, 1.165) is 5.52 Å². The highest BCUT2D eigenvalue weighted by Crippen LogP contribution is 2.18. The summed E-state index contributed by atoms with van der Waals surface area (Å²) < 4.78 is 22.2. The van der Waals surface area contributed by atoms with Crippen molar-refractivity contribution in [2.24, 2.45) is 0 Å². The molecule has 4 aromatic rings. The molecule has 0 radical (unpaired) electrons. The fourth-order valence-electron chi connectivity index (χ4n) is 3.36. The van der Waals surface area contributed by atoms with Crippen LogP contribution in [0.1, 0.15) is 12.8 Å². The lowest BCUT2D eigenvalue weighted by atomic mass is 10.2. The van der Waals surface area contributed by atoms with Crippen molar-refractivity contribution in [3.05, 3.63) is 71.0 Å². The van der Waals surface area contributed by atoms with Crippen LogP contribution in [0.15, 0.2) is 59.7 Å². The van der Waals surface area contributed by atoms with E-state index in [2.05, 4.69) is 10.3 Å². The van der Waals surface area contributed by atoms with Gasteiger partial charge in [-0.05, 0) is 42.8 Å². The number of carbonyl (C=O) groups excluding carboxylic acids is 1. The molecule has 3 heterocycles. The number of rotatable bonds is 6. The van der Waals surface area contributed by atoms with E-state index in [0.29, 0.717) is 35.6 Å². The average Bonchev–Trinajstić information content (AvgIpc) is 3.20. The minimum atomic E-state index is -0.418. The minimum Gasteiger partial charge on any atom is -0.497 e. The Morgan fingerprint density at radius 3 is 2.86 bits per heavy atom. The maximum atomic E-state index is 13.8. The Balaban J connectivity index is 1.53. The van der Waals surface area contributed by atoms with E-state index in [1.807, 2.05) is 0 Å². The number of benzene rings is 1. The summed E-state index contributed by atoms with van der Waals surface area (Å²) in [6.07, 6.45) is 3.92. The second kappa shape index (κ2) is 7.75. The van der Waals surface area contributed by atoms with Crippen LogP contribution < -0.4 is 15.6 Å². The highest BCUT2D eigenvalue weighted by atomic mass is 19.1. The summed E-state index contributed by atoms with van der Waals surface area (Å²) in [5, 5.41) is 2.71. The van der Waals surface area contributed by atoms with Crippen LogP contribution in [0.3, 0.4) is 0 Å². The summed E-state index contributed by atoms with van der Waals surface area (Å²) in [4.78, 5) is 29.2. The molecule has 0 fully saturated rings. The van der Waals surface area contributed by atoms with Crippen LogP contribution in [0.25, 0.3) is 16.6 Å². The van der Waals surface area contributed by atoms with E-state index < -0.39 is 5.82 Å². The number of fused-ring (bicyclic) bond motifs is 3. The van der Waals surface area contributed by atoms with Crippen molar-refractivity contribution in [3.63, 3.8) is 0 Å². The third kappa shape index (κ3) is 3.69. The molecule has 0 spiro atoms. The monoisotopic (exact) mass is 394 g/mol. The van der Waals surface area contributed by atoms with Gasteiger partial charge in [0.2, 0.25) is 5.91 Å². The molecule has 0 aliphatic carbocycles. The molecule has 0 saturated carbocycles. The lowest BCUT2D eigenvalue weighted by Gasteiger charge is -2.13. The normalized spacial score (nSPS) is 11.1. The van der Waals surface area contributed by atoms with Crippen molar-refractivity contribution in [2.75, 3.05) is 12.4 Å². The highest BCUT2D eigenvalue weighted by Gasteiger charge is 2.12. The predicted octanol–water partition coefficient (Wildman–Crippen LogP) is 3.22. The quantitative estimate of drug-likeness (QED) is 0.545. The first-order valence-corrected chi connectivity index (χ1v) is 9.16. The molecule has 0 unspecified atom stereocenters. The number of nitrogens with one attached hydrogen (secondary N) is 1. The first-order valence-electron chi connectivity index (χ1n) is 9.16. The number of hydrogen-bond donors (Lipinski definition) is 1. The van der Waals surface area contributed by atoms with E-state index in [1.165, 1.54) is 23.8 Å². The molecule has 0 bridgehead atoms. The van der Waals surface area contributed by atoms with Gasteiger partial charge in [0.25, 0.3) is 5.56 Å². The zero-order valence-corrected chi connectivity index (χ0v) is 15.8. The first kappa shape index (κ1) is 18.7. The molecule has 0 atom stereocenters. The third-order valence-corrected chi connectivity index (χ3v) is 4.72. The second-order valence-corrected chi connectivity index (χ2v) is 6.59. The van der Waals surface area contributed by atoms with Gasteiger partial charge in [-0.1, -0.05) is 0 Å². The molecular weight excluding hydrogens is 375 g/mol. The van der Waals surface area contributed by atoms with Gasteiger partial charge in [0.05, 0.1) is 18.1 Å². The van der Waals surface area contributed by atoms with Gasteiger partial charge in [0.1, 0.15) is 22.9 Å². The summed E-state index contributed by atoms with van der Waals surface area (Å²) in [6.45, 7) is 0.291. The Bertz CT molecular complexity index is 1260. The van der Waals surface area contributed by atoms with Gasteiger partial charge in [0, 0.05) is 31.4 Å². The van der Waals surface area contributed by atoms with E-state index in [9.17, 15) is 14.0 Å². The Kier molecular flexibility index (Phi) is 4.99. The minimum absolute atomic E-state index is 0.189. The highest BCUT2D eigenvalue weighted by molar-refractivity contribution is 5.89. The standard InChI is InChI=1S/C21H19FN4O3/c1-29-15-8-9-23-19(13-15)24-20(27)5-3-11-26-18-12-14(22)6-7-16(18)25-10-2-4-17(25)21(26)28/h2,4,6-10,12-13H,3,5,11H2,1H3,(H,23,24,27). The van der Waals surface area contributed by atoms with Crippen LogP contribution in [0.2, 0.25) is 0 Å². The van der Waals surface area contributed by atoms with Crippen molar-refractivity contribution in [1.29, 1.82) is 0 Å². The summed E-state index contributed by atoms with van der Waals surface area (Å²) in [5.41, 5.74) is 1.52. The summed E-state index contributed by atoms with van der Waals surface area (Å²) in [6, 6.07) is 11.2. The number of aryl methyl sites for hydroxylation is 1. The molecule has 4 rings (SSSR count). The van der Waals surface area contributed by atoms with Gasteiger partial charge < -0.3 is 19.0 Å². The average molecular weight is 394 g/mol. The fourth-order valence-corrected chi connectivity index (χ4v) is 3.36. The molecule has 3 aromatic heterocycles. The Hall–Kier alpha value is -3.68. The number of carbonyl (C=O) groups is 1. The molecular formula is C21H19FN4O3. The van der Waals surface area contributed by atoms with Crippen molar-refractivity contribution >= 4 is 28.3 Å². The zero-order chi connectivity index (χ0) is 20.4. The Labute approximate surface area is 165 Å². The Morgan fingerprint density at radius 1 is 1.17 bits per heavy atom. The molecule has 1 amide bonds. The third-order valence-electron chi connectivity index (χ3n) is 4.72. The van der Waals surface area contributed by atoms with Gasteiger partial charge >= 0.3 is 0 Å². The number of amides is 1. The number of halogens is 1. The molecule has 0 saturated heterocycles. The van der Waals surface area contributed by atoms with Gasteiger partial charge in [-0.15, -0.1) is 0 Å². The molecule has 8 heteroatoms. The predicted molar refractivity (Wildman–Crippen MR) is 108 cm³/mol. The van der Waals surface area contributed by atoms with Crippen LogP contribution in [-0.2, 0) is 11.3 Å². The number of aromatic nitrogens is 3. The van der Waals surface area contributed by atoms with Crippen LogP contribution in [0, 0.1) is 5.82 Å². The molecule has 29 heavy (non-hydrogen) atoms. The number of anilines is 1. The van der Waals surface area contributed by atoms with Crippen molar-refractivity contribution in [2.45, 2.75) is 19.4 Å². The molecule has 0 aliphatic heterocycles. The van der Waals surface area contributed by atoms with Crippen LogP contribution in [0.5, 0.6) is 5.75 Å². The van der Waals surface area contributed by atoms with Gasteiger partial charge in [-0.2, -0.15) is 0 Å². The zero-order valence-electron chi connectivity index (χ0n) is 15.8. The lowest BCUT2D eigenvalue weighted by molar-refractivity contribution is -0.116. The fraction of sp³-hybridized carbons (Fsp3) is 0.190. The van der Waals surface area contributed by atoms with Crippen molar-refractivity contribution in [1.82, 2.24) is 14.0 Å². The van der Waals surface area contributed by atoms with E-state index >= 15 is 0 Å². The second-order valence-electron chi connectivity index (χ2n) is 6.59. The summed E-state index contributed by atoms with van der Waals surface area (Å²) in [7, 11) is 1.54. The number of pyridine rings is 1. The molecule has 148 valence electrons. The molecule has 1 aromatic carbocycles.